The van der Waals surface area contributed by atoms with Gasteiger partial charge in [0.25, 0.3) is 0 Å². The van der Waals surface area contributed by atoms with E-state index in [1.54, 1.807) is 12.1 Å². The minimum absolute atomic E-state index is 0.183. The molecule has 2 N–H and O–H groups in total. The zero-order valence-corrected chi connectivity index (χ0v) is 19.3. The van der Waals surface area contributed by atoms with E-state index in [2.05, 4.69) is 20.2 Å². The lowest BCUT2D eigenvalue weighted by molar-refractivity contribution is 0.0774. The Bertz CT molecular complexity index is 1150. The standard InChI is InChI=1S/C25H29FN4O4/c1-25(15-28-24(32)34-14-17-6-4-3-5-7-17)16-30(13-21(25)31)11-10-18-19(26)12-27-20-8-9-22(33-2)29-23(18)20/h3-9,12,21,31H,10-11,13-16H2,1-2H3,(H,28,32). The van der Waals surface area contributed by atoms with Crippen molar-refractivity contribution in [3.63, 3.8) is 0 Å². The first-order valence-corrected chi connectivity index (χ1v) is 11.2. The molecule has 1 aliphatic heterocycles. The number of carbonyl (C=O) groups is 1. The second-order valence-electron chi connectivity index (χ2n) is 8.88. The predicted molar refractivity (Wildman–Crippen MR) is 125 cm³/mol. The Morgan fingerprint density at radius 3 is 2.85 bits per heavy atom. The number of nitrogens with zero attached hydrogens (tertiary/aromatic N) is 3. The second kappa shape index (κ2) is 10.3. The number of benzene rings is 1. The maximum Gasteiger partial charge on any atom is 0.407 e. The van der Waals surface area contributed by atoms with Gasteiger partial charge in [-0.2, -0.15) is 0 Å². The minimum atomic E-state index is -0.640. The number of aliphatic hydroxyl groups excluding tert-OH is 1. The molecule has 1 aromatic carbocycles. The molecular weight excluding hydrogens is 439 g/mol. The van der Waals surface area contributed by atoms with E-state index < -0.39 is 23.4 Å². The van der Waals surface area contributed by atoms with E-state index in [9.17, 15) is 14.3 Å². The number of aromatic nitrogens is 2. The summed E-state index contributed by atoms with van der Waals surface area (Å²) in [6.07, 6.45) is 0.445. The van der Waals surface area contributed by atoms with Crippen molar-refractivity contribution in [1.29, 1.82) is 0 Å². The smallest absolute Gasteiger partial charge is 0.407 e. The molecular formula is C25H29FN4O4. The van der Waals surface area contributed by atoms with Crippen molar-refractivity contribution in [2.45, 2.75) is 26.1 Å². The molecule has 0 bridgehead atoms. The Morgan fingerprint density at radius 2 is 2.09 bits per heavy atom. The van der Waals surface area contributed by atoms with E-state index in [0.717, 1.165) is 5.56 Å². The van der Waals surface area contributed by atoms with Gasteiger partial charge >= 0.3 is 6.09 Å². The highest BCUT2D eigenvalue weighted by Crippen LogP contribution is 2.30. The molecule has 1 fully saturated rings. The van der Waals surface area contributed by atoms with Gasteiger partial charge in [-0.15, -0.1) is 0 Å². The van der Waals surface area contributed by atoms with Crippen LogP contribution in [0.3, 0.4) is 0 Å². The Morgan fingerprint density at radius 1 is 1.29 bits per heavy atom. The third-order valence-electron chi connectivity index (χ3n) is 6.30. The summed E-state index contributed by atoms with van der Waals surface area (Å²) in [5.41, 5.74) is 1.89. The monoisotopic (exact) mass is 468 g/mol. The zero-order chi connectivity index (χ0) is 24.1. The third-order valence-corrected chi connectivity index (χ3v) is 6.30. The molecule has 34 heavy (non-hydrogen) atoms. The molecule has 4 rings (SSSR count). The lowest BCUT2D eigenvalue weighted by Crippen LogP contribution is -2.43. The van der Waals surface area contributed by atoms with Crippen molar-refractivity contribution in [2.75, 3.05) is 33.3 Å². The average Bonchev–Trinajstić information content (AvgIpc) is 3.14. The number of fused-ring (bicyclic) bond motifs is 1. The fourth-order valence-electron chi connectivity index (χ4n) is 4.24. The number of carbonyl (C=O) groups excluding carboxylic acids is 1. The molecule has 1 saturated heterocycles. The number of amides is 1. The Balaban J connectivity index is 1.33. The van der Waals surface area contributed by atoms with Crippen molar-refractivity contribution in [3.8, 4) is 5.88 Å². The molecule has 2 unspecified atom stereocenters. The highest BCUT2D eigenvalue weighted by molar-refractivity contribution is 5.78. The SMILES string of the molecule is COc1ccc2ncc(F)c(CCN3CC(O)C(C)(CNC(=O)OCc4ccccc4)C3)c2n1. The number of pyridine rings is 2. The molecule has 2 atom stereocenters. The van der Waals surface area contributed by atoms with Crippen molar-refractivity contribution >= 4 is 17.1 Å². The van der Waals surface area contributed by atoms with E-state index in [1.165, 1.54) is 13.3 Å². The zero-order valence-electron chi connectivity index (χ0n) is 19.3. The summed E-state index contributed by atoms with van der Waals surface area (Å²) in [6, 6.07) is 12.9. The number of likely N-dealkylation sites (tertiary alicyclic amines) is 1. The van der Waals surface area contributed by atoms with Gasteiger partial charge in [-0.1, -0.05) is 37.3 Å². The van der Waals surface area contributed by atoms with E-state index >= 15 is 0 Å². The molecule has 180 valence electrons. The van der Waals surface area contributed by atoms with Crippen molar-refractivity contribution in [3.05, 3.63) is 65.6 Å². The van der Waals surface area contributed by atoms with Crippen LogP contribution in [0.5, 0.6) is 5.88 Å². The number of rotatable bonds is 8. The fraction of sp³-hybridized carbons (Fsp3) is 0.400. The highest BCUT2D eigenvalue weighted by Gasteiger charge is 2.42. The number of β-amino-alcohol motifs (C(OH)–C–C–N with tert-alkyl or cyclic N) is 1. The van der Waals surface area contributed by atoms with E-state index in [-0.39, 0.29) is 13.2 Å². The van der Waals surface area contributed by atoms with Crippen LogP contribution < -0.4 is 10.1 Å². The van der Waals surface area contributed by atoms with Crippen LogP contribution >= 0.6 is 0 Å². The average molecular weight is 469 g/mol. The molecule has 2 aromatic heterocycles. The number of nitrogens with one attached hydrogen (secondary N) is 1. The van der Waals surface area contributed by atoms with E-state index in [4.69, 9.17) is 9.47 Å². The summed E-state index contributed by atoms with van der Waals surface area (Å²) in [5, 5.41) is 13.5. The van der Waals surface area contributed by atoms with Gasteiger partial charge < -0.3 is 19.9 Å². The lowest BCUT2D eigenvalue weighted by Gasteiger charge is -2.27. The number of aliphatic hydroxyl groups is 1. The summed E-state index contributed by atoms with van der Waals surface area (Å²) < 4.78 is 25.0. The third kappa shape index (κ3) is 5.43. The maximum atomic E-state index is 14.6. The summed E-state index contributed by atoms with van der Waals surface area (Å²) in [7, 11) is 1.51. The van der Waals surface area contributed by atoms with Crippen LogP contribution in [0, 0.1) is 11.2 Å². The van der Waals surface area contributed by atoms with Crippen molar-refractivity contribution < 1.29 is 23.8 Å². The van der Waals surface area contributed by atoms with Gasteiger partial charge in [0.1, 0.15) is 12.4 Å². The first kappa shape index (κ1) is 23.8. The van der Waals surface area contributed by atoms with Gasteiger partial charge in [0.15, 0.2) is 0 Å². The van der Waals surface area contributed by atoms with Crippen LogP contribution in [0.25, 0.3) is 11.0 Å². The second-order valence-corrected chi connectivity index (χ2v) is 8.88. The molecule has 0 aliphatic carbocycles. The molecule has 0 radical (unpaired) electrons. The molecule has 9 heteroatoms. The molecule has 3 aromatic rings. The summed E-state index contributed by atoms with van der Waals surface area (Å²) >= 11 is 0. The normalized spacial score (nSPS) is 20.4. The summed E-state index contributed by atoms with van der Waals surface area (Å²) in [6.45, 7) is 3.88. The Labute approximate surface area is 197 Å². The topological polar surface area (TPSA) is 96.8 Å². The van der Waals surface area contributed by atoms with Gasteiger partial charge in [0.2, 0.25) is 5.88 Å². The van der Waals surface area contributed by atoms with E-state index in [0.29, 0.717) is 48.5 Å². The first-order chi connectivity index (χ1) is 16.4. The van der Waals surface area contributed by atoms with Gasteiger partial charge in [-0.3, -0.25) is 9.88 Å². The number of hydrogen-bond donors (Lipinski definition) is 2. The minimum Gasteiger partial charge on any atom is -0.481 e. The molecule has 0 spiro atoms. The van der Waals surface area contributed by atoms with Crippen LogP contribution in [-0.4, -0.2) is 65.5 Å². The fourth-order valence-corrected chi connectivity index (χ4v) is 4.24. The Kier molecular flexibility index (Phi) is 7.23. The van der Waals surface area contributed by atoms with Crippen molar-refractivity contribution in [2.24, 2.45) is 5.41 Å². The maximum absolute atomic E-state index is 14.6. The molecule has 3 heterocycles. The largest absolute Gasteiger partial charge is 0.481 e. The summed E-state index contributed by atoms with van der Waals surface area (Å²) in [5.74, 6) is -0.0193. The van der Waals surface area contributed by atoms with Crippen LogP contribution in [0.1, 0.15) is 18.1 Å². The van der Waals surface area contributed by atoms with Gasteiger partial charge in [0.05, 0.1) is 30.4 Å². The number of halogens is 1. The van der Waals surface area contributed by atoms with Crippen LogP contribution in [0.2, 0.25) is 0 Å². The molecule has 8 nitrogen and oxygen atoms in total. The van der Waals surface area contributed by atoms with Crippen LogP contribution in [0.15, 0.2) is 48.7 Å². The van der Waals surface area contributed by atoms with Crippen LogP contribution in [0.4, 0.5) is 9.18 Å². The quantitative estimate of drug-likeness (QED) is 0.525. The molecule has 0 saturated carbocycles. The van der Waals surface area contributed by atoms with Gasteiger partial charge in [-0.25, -0.2) is 14.2 Å². The Hall–Kier alpha value is -3.30. The van der Waals surface area contributed by atoms with E-state index in [1.807, 2.05) is 37.3 Å². The first-order valence-electron chi connectivity index (χ1n) is 11.2. The van der Waals surface area contributed by atoms with Gasteiger partial charge in [0, 0.05) is 43.2 Å². The number of methoxy groups -OCH3 is 1. The van der Waals surface area contributed by atoms with Gasteiger partial charge in [-0.05, 0) is 18.1 Å². The molecule has 1 aliphatic rings. The molecule has 1 amide bonds. The predicted octanol–water partition coefficient (Wildman–Crippen LogP) is 2.93. The number of ether oxygens (including phenoxy) is 2. The number of alkyl carbamates (subject to hydrolysis) is 1. The van der Waals surface area contributed by atoms with Crippen LogP contribution in [-0.2, 0) is 17.8 Å². The highest BCUT2D eigenvalue weighted by atomic mass is 19.1. The lowest BCUT2D eigenvalue weighted by atomic mass is 9.87. The summed E-state index contributed by atoms with van der Waals surface area (Å²) in [4.78, 5) is 22.7. The number of hydrogen-bond acceptors (Lipinski definition) is 7. The van der Waals surface area contributed by atoms with Crippen molar-refractivity contribution in [1.82, 2.24) is 20.2 Å².